The predicted octanol–water partition coefficient (Wildman–Crippen LogP) is 4.27. The second-order valence-electron chi connectivity index (χ2n) is 6.67. The van der Waals surface area contributed by atoms with Crippen molar-refractivity contribution in [2.24, 2.45) is 5.92 Å². The van der Waals surface area contributed by atoms with Gasteiger partial charge >= 0.3 is 12.1 Å². The van der Waals surface area contributed by atoms with Gasteiger partial charge in [0.2, 0.25) is 6.10 Å². The van der Waals surface area contributed by atoms with E-state index in [1.807, 2.05) is 0 Å². The highest BCUT2D eigenvalue weighted by Crippen LogP contribution is 2.28. The first kappa shape index (κ1) is 22.2. The third-order valence-corrected chi connectivity index (χ3v) is 5.15. The Balaban J connectivity index is 2.70. The highest BCUT2D eigenvalue weighted by molar-refractivity contribution is 7.85. The Bertz CT molecular complexity index is 492. The van der Waals surface area contributed by atoms with Crippen LogP contribution in [-0.4, -0.2) is 37.0 Å². The smallest absolute Gasteiger partial charge is 0.426 e. The van der Waals surface area contributed by atoms with Gasteiger partial charge in [0, 0.05) is 0 Å². The second kappa shape index (κ2) is 10.4. The van der Waals surface area contributed by atoms with Gasteiger partial charge in [-0.25, -0.2) is 0 Å². The molecule has 1 saturated carbocycles. The third-order valence-electron chi connectivity index (χ3n) is 4.42. The van der Waals surface area contributed by atoms with Gasteiger partial charge in [-0.15, -0.1) is 0 Å². The average molecular weight is 388 g/mol. The lowest BCUT2D eigenvalue weighted by molar-refractivity contribution is -0.217. The number of rotatable bonds is 4. The Labute approximate surface area is 147 Å². The van der Waals surface area contributed by atoms with Crippen molar-refractivity contribution in [1.82, 2.24) is 0 Å². The Kier molecular flexibility index (Phi) is 9.20. The lowest BCUT2D eigenvalue weighted by atomic mass is 9.93. The minimum Gasteiger partial charge on any atom is -0.451 e. The molecule has 25 heavy (non-hydrogen) atoms. The van der Waals surface area contributed by atoms with E-state index < -0.39 is 40.0 Å². The highest BCUT2D eigenvalue weighted by atomic mass is 32.2. The maximum absolute atomic E-state index is 12.9. The molecule has 1 N–H and O–H groups in total. The molecule has 1 rings (SSSR count). The highest BCUT2D eigenvalue weighted by Gasteiger charge is 2.46. The predicted molar refractivity (Wildman–Crippen MR) is 86.6 cm³/mol. The minimum absolute atomic E-state index is 0.440. The van der Waals surface area contributed by atoms with E-state index in [4.69, 9.17) is 4.55 Å². The van der Waals surface area contributed by atoms with E-state index in [9.17, 15) is 26.4 Å². The van der Waals surface area contributed by atoms with Crippen LogP contribution in [0.2, 0.25) is 0 Å². The molecular formula is C16H27F3O5S. The van der Waals surface area contributed by atoms with E-state index in [-0.39, 0.29) is 0 Å². The molecule has 0 aliphatic heterocycles. The summed E-state index contributed by atoms with van der Waals surface area (Å²) >= 11 is 0. The van der Waals surface area contributed by atoms with Crippen LogP contribution in [0.5, 0.6) is 0 Å². The van der Waals surface area contributed by atoms with Gasteiger partial charge in [0.1, 0.15) is 5.75 Å². The number of carbonyl (C=O) groups is 1. The summed E-state index contributed by atoms with van der Waals surface area (Å²) in [7, 11) is -4.91. The fraction of sp³-hybridized carbons (Fsp3) is 0.938. The number of hydrogen-bond donors (Lipinski definition) is 1. The van der Waals surface area contributed by atoms with Gasteiger partial charge < -0.3 is 4.74 Å². The molecule has 9 heteroatoms. The Morgan fingerprint density at radius 3 is 1.72 bits per heavy atom. The van der Waals surface area contributed by atoms with E-state index in [2.05, 4.69) is 4.74 Å². The van der Waals surface area contributed by atoms with E-state index in [1.54, 1.807) is 0 Å². The van der Waals surface area contributed by atoms with Crippen molar-refractivity contribution in [3.8, 4) is 0 Å². The lowest BCUT2D eigenvalue weighted by Crippen LogP contribution is -2.40. The van der Waals surface area contributed by atoms with Gasteiger partial charge in [0.05, 0.1) is 5.92 Å². The average Bonchev–Trinajstić information content (AvgIpc) is 2.44. The standard InChI is InChI=1S/C16H27F3O5S/c17-16(18,19)14(12-25(21,22)23)24-15(20)13-10-8-6-4-2-1-3-5-7-9-11-13/h13-14H,1-12H2,(H,21,22,23). The molecule has 0 amide bonds. The SMILES string of the molecule is O=C(OC(CS(=O)(=O)O)C(F)(F)F)C1CCCCCCCCCCC1. The molecule has 1 atom stereocenters. The molecule has 1 unspecified atom stereocenters. The number of ether oxygens (including phenoxy) is 1. The summed E-state index contributed by atoms with van der Waals surface area (Å²) in [6, 6.07) is 0. The summed E-state index contributed by atoms with van der Waals surface area (Å²) in [5.74, 6) is -3.36. The second-order valence-corrected chi connectivity index (χ2v) is 8.17. The maximum atomic E-state index is 12.9. The van der Waals surface area contributed by atoms with Gasteiger partial charge in [-0.3, -0.25) is 9.35 Å². The molecule has 1 fully saturated rings. The van der Waals surface area contributed by atoms with Crippen LogP contribution in [0.4, 0.5) is 13.2 Å². The summed E-state index contributed by atoms with van der Waals surface area (Å²) in [4.78, 5) is 12.2. The normalized spacial score (nSPS) is 21.0. The van der Waals surface area contributed by atoms with Crippen molar-refractivity contribution in [3.63, 3.8) is 0 Å². The largest absolute Gasteiger partial charge is 0.451 e. The number of alkyl halides is 3. The van der Waals surface area contributed by atoms with E-state index in [0.717, 1.165) is 51.4 Å². The summed E-state index contributed by atoms with van der Waals surface area (Å²) in [6.07, 6.45) is 1.80. The fourth-order valence-corrected chi connectivity index (χ4v) is 3.66. The molecule has 5 nitrogen and oxygen atoms in total. The fourth-order valence-electron chi connectivity index (χ4n) is 3.02. The van der Waals surface area contributed by atoms with Gasteiger partial charge in [-0.2, -0.15) is 21.6 Å². The first-order valence-corrected chi connectivity index (χ1v) is 10.4. The molecule has 0 aromatic rings. The van der Waals surface area contributed by atoms with Crippen LogP contribution >= 0.6 is 0 Å². The minimum atomic E-state index is -5.04. The van der Waals surface area contributed by atoms with Crippen molar-refractivity contribution in [1.29, 1.82) is 0 Å². The van der Waals surface area contributed by atoms with E-state index in [1.165, 1.54) is 6.42 Å². The first-order valence-electron chi connectivity index (χ1n) is 8.82. The Morgan fingerprint density at radius 2 is 1.36 bits per heavy atom. The number of carbonyl (C=O) groups excluding carboxylic acids is 1. The van der Waals surface area contributed by atoms with Crippen LogP contribution in [0.1, 0.15) is 70.6 Å². The van der Waals surface area contributed by atoms with E-state index >= 15 is 0 Å². The molecule has 1 aliphatic rings. The molecule has 0 aromatic heterocycles. The zero-order valence-electron chi connectivity index (χ0n) is 14.3. The van der Waals surface area contributed by atoms with Crippen molar-refractivity contribution in [3.05, 3.63) is 0 Å². The summed E-state index contributed by atoms with van der Waals surface area (Å²) in [6.45, 7) is 0. The number of esters is 1. The van der Waals surface area contributed by atoms with Crippen LogP contribution in [0, 0.1) is 5.92 Å². The van der Waals surface area contributed by atoms with E-state index in [0.29, 0.717) is 12.8 Å². The molecule has 0 radical (unpaired) electrons. The van der Waals surface area contributed by atoms with Crippen molar-refractivity contribution >= 4 is 16.1 Å². The van der Waals surface area contributed by atoms with Crippen molar-refractivity contribution in [2.45, 2.75) is 82.9 Å². The van der Waals surface area contributed by atoms with Crippen molar-refractivity contribution in [2.75, 3.05) is 5.75 Å². The zero-order valence-corrected chi connectivity index (χ0v) is 15.1. The molecular weight excluding hydrogens is 361 g/mol. The third kappa shape index (κ3) is 10.0. The monoisotopic (exact) mass is 388 g/mol. The number of hydrogen-bond acceptors (Lipinski definition) is 4. The van der Waals surface area contributed by atoms with Crippen LogP contribution in [0.15, 0.2) is 0 Å². The Morgan fingerprint density at radius 1 is 0.960 bits per heavy atom. The van der Waals surface area contributed by atoms with Crippen LogP contribution in [0.25, 0.3) is 0 Å². The molecule has 0 spiro atoms. The van der Waals surface area contributed by atoms with Crippen LogP contribution < -0.4 is 0 Å². The summed E-state index contributed by atoms with van der Waals surface area (Å²) < 4.78 is 73.3. The van der Waals surface area contributed by atoms with Crippen LogP contribution in [-0.2, 0) is 19.6 Å². The molecule has 0 aromatic carbocycles. The molecule has 0 saturated heterocycles. The Hall–Kier alpha value is -0.830. The first-order chi connectivity index (χ1) is 11.6. The van der Waals surface area contributed by atoms with Gasteiger partial charge in [0.15, 0.2) is 0 Å². The quantitative estimate of drug-likeness (QED) is 0.575. The zero-order chi connectivity index (χ0) is 18.9. The maximum Gasteiger partial charge on any atom is 0.426 e. The summed E-state index contributed by atoms with van der Waals surface area (Å²) in [5, 5.41) is 0. The lowest BCUT2D eigenvalue weighted by Gasteiger charge is -2.23. The number of halogens is 3. The van der Waals surface area contributed by atoms with Crippen molar-refractivity contribution < 1.29 is 35.7 Å². The molecule has 0 heterocycles. The summed E-state index contributed by atoms with van der Waals surface area (Å²) in [5.41, 5.74) is 0. The van der Waals surface area contributed by atoms with Crippen LogP contribution in [0.3, 0.4) is 0 Å². The van der Waals surface area contributed by atoms with Gasteiger partial charge in [-0.1, -0.05) is 57.8 Å². The molecule has 0 bridgehead atoms. The molecule has 148 valence electrons. The van der Waals surface area contributed by atoms with Gasteiger partial charge in [-0.05, 0) is 12.8 Å². The molecule has 1 aliphatic carbocycles. The van der Waals surface area contributed by atoms with Gasteiger partial charge in [0.25, 0.3) is 10.1 Å². The topological polar surface area (TPSA) is 80.7 Å².